The Morgan fingerprint density at radius 1 is 0.806 bits per heavy atom. The maximum Gasteiger partial charge on any atom is 3.00 e. The molecule has 2 radical (unpaired) electrons. The number of halogens is 2. The van der Waals surface area contributed by atoms with Crippen molar-refractivity contribution in [3.63, 3.8) is 0 Å². The summed E-state index contributed by atoms with van der Waals surface area (Å²) < 4.78 is 0. The van der Waals surface area contributed by atoms with Gasteiger partial charge in [0.15, 0.2) is 0 Å². The van der Waals surface area contributed by atoms with Crippen molar-refractivity contribution in [3.05, 3.63) is 88.5 Å². The van der Waals surface area contributed by atoms with Crippen molar-refractivity contribution in [2.24, 2.45) is 0 Å². The number of fused-ring (bicyclic) bond motifs is 4. The van der Waals surface area contributed by atoms with Crippen LogP contribution in [0.15, 0.2) is 60.7 Å². The van der Waals surface area contributed by atoms with Gasteiger partial charge in [-0.3, -0.25) is 0 Å². The fourth-order valence-corrected chi connectivity index (χ4v) is 7.40. The Morgan fingerprint density at radius 3 is 2.08 bits per heavy atom. The zero-order valence-corrected chi connectivity index (χ0v) is 27.7. The molecule has 0 saturated carbocycles. The van der Waals surface area contributed by atoms with E-state index in [4.69, 9.17) is 0 Å². The maximum absolute atomic E-state index is 2.55. The van der Waals surface area contributed by atoms with Crippen LogP contribution in [0.4, 0.5) is 0 Å². The Bertz CT molecular complexity index is 1410. The minimum Gasteiger partial charge on any atom is -1.00 e. The zero-order valence-electron chi connectivity index (χ0n) is 22.7. The van der Waals surface area contributed by atoms with E-state index in [2.05, 4.69) is 121 Å². The summed E-state index contributed by atoms with van der Waals surface area (Å²) >= 11 is 0. The van der Waals surface area contributed by atoms with Gasteiger partial charge in [-0.15, -0.1) is 33.7 Å². The molecule has 0 saturated heterocycles. The molecule has 0 N–H and O–H groups in total. The molecular formula is C32H36Cl2SiZr. The van der Waals surface area contributed by atoms with Gasteiger partial charge in [0.2, 0.25) is 0 Å². The Hall–Kier alpha value is -1.05. The third-order valence-corrected chi connectivity index (χ3v) is 8.87. The molecule has 0 heterocycles. The topological polar surface area (TPSA) is 0 Å². The summed E-state index contributed by atoms with van der Waals surface area (Å²) in [5, 5.41) is 7.30. The molecule has 4 aromatic carbocycles. The molecule has 1 aliphatic carbocycles. The second-order valence-corrected chi connectivity index (χ2v) is 14.6. The first-order valence-corrected chi connectivity index (χ1v) is 14.8. The standard InChI is InChI=1S/C32H36Si.2ClH.Zr/c1-31(2,3)22-15-13-21-17-27-26(25(21)18-22)19-28(32(4,5)6)30(33(7)8)29(27)24-16-14-20-11-9-10-12-23(20)24;;;/h9-19,24H,1-8H3;2*1H;/q-1;;;+3/p-2. The molecule has 0 aromatic heterocycles. The van der Waals surface area contributed by atoms with E-state index in [1.165, 1.54) is 43.8 Å². The van der Waals surface area contributed by atoms with E-state index in [-0.39, 0.29) is 61.8 Å². The first-order valence-electron chi connectivity index (χ1n) is 12.3. The van der Waals surface area contributed by atoms with Crippen molar-refractivity contribution in [2.75, 3.05) is 0 Å². The number of hydrogen-bond acceptors (Lipinski definition) is 0. The number of rotatable bonds is 2. The van der Waals surface area contributed by atoms with Gasteiger partial charge in [-0.05, 0) is 22.0 Å². The van der Waals surface area contributed by atoms with E-state index in [0.717, 1.165) is 0 Å². The fraction of sp³-hybridized carbons (Fsp3) is 0.344. The van der Waals surface area contributed by atoms with Crippen LogP contribution in [0.5, 0.6) is 0 Å². The smallest absolute Gasteiger partial charge is 1.00 e. The summed E-state index contributed by atoms with van der Waals surface area (Å²) in [6.07, 6.45) is 4.77. The number of allylic oxidation sites excluding steroid dienone is 1. The average molecular weight is 611 g/mol. The van der Waals surface area contributed by atoms with Crippen LogP contribution in [0.2, 0.25) is 13.1 Å². The Kier molecular flexibility index (Phi) is 9.50. The molecule has 4 aromatic rings. The van der Waals surface area contributed by atoms with E-state index in [1.807, 2.05) is 0 Å². The summed E-state index contributed by atoms with van der Waals surface area (Å²) in [6, 6.07) is 21.1. The summed E-state index contributed by atoms with van der Waals surface area (Å²) in [6.45, 7) is 19.0. The molecule has 0 aliphatic heterocycles. The molecule has 5 rings (SSSR count). The third-order valence-electron chi connectivity index (χ3n) is 7.34. The van der Waals surface area contributed by atoms with Crippen molar-refractivity contribution in [1.82, 2.24) is 0 Å². The van der Waals surface area contributed by atoms with Crippen LogP contribution < -0.4 is 30.0 Å². The Morgan fingerprint density at radius 2 is 1.47 bits per heavy atom. The molecule has 0 spiro atoms. The second kappa shape index (κ2) is 11.0. The van der Waals surface area contributed by atoms with Crippen LogP contribution in [-0.2, 0) is 37.0 Å². The monoisotopic (exact) mass is 608 g/mol. The number of benzene rings is 3. The second-order valence-electron chi connectivity index (χ2n) is 12.1. The Balaban J connectivity index is 0.00000152. The molecular weight excluding hydrogens is 575 g/mol. The molecule has 4 heteroatoms. The van der Waals surface area contributed by atoms with Crippen LogP contribution in [-0.4, -0.2) is 8.80 Å². The van der Waals surface area contributed by atoms with Gasteiger partial charge >= 0.3 is 26.2 Å². The van der Waals surface area contributed by atoms with Crippen LogP contribution in [0, 0.1) is 0 Å². The molecule has 36 heavy (non-hydrogen) atoms. The van der Waals surface area contributed by atoms with Crippen molar-refractivity contribution >= 4 is 41.6 Å². The molecule has 0 bridgehead atoms. The quantitative estimate of drug-likeness (QED) is 0.242. The van der Waals surface area contributed by atoms with E-state index < -0.39 is 8.80 Å². The first-order chi connectivity index (χ1) is 15.5. The van der Waals surface area contributed by atoms with Gasteiger partial charge < -0.3 is 24.8 Å². The summed E-state index contributed by atoms with van der Waals surface area (Å²) in [7, 11) is -0.685. The van der Waals surface area contributed by atoms with Gasteiger partial charge in [-0.25, -0.2) is 0 Å². The van der Waals surface area contributed by atoms with Crippen molar-refractivity contribution in [1.29, 1.82) is 0 Å². The molecule has 1 aliphatic rings. The SMILES string of the molecule is C[Si](C)c1c(C(C)(C)C)cc2c([cH-]c3ccc(C(C)(C)C)cc32)c1C1C=Cc2ccccc21.[Cl-].[Cl-].[Zr+3]. The molecule has 0 amide bonds. The molecule has 186 valence electrons. The fourth-order valence-electron chi connectivity index (χ4n) is 5.59. The van der Waals surface area contributed by atoms with Crippen molar-refractivity contribution in [3.8, 4) is 0 Å². The minimum atomic E-state index is -0.685. The Labute approximate surface area is 250 Å². The van der Waals surface area contributed by atoms with Crippen LogP contribution in [0.3, 0.4) is 0 Å². The predicted octanol–water partition coefficient (Wildman–Crippen LogP) is 2.43. The van der Waals surface area contributed by atoms with E-state index >= 15 is 0 Å². The largest absolute Gasteiger partial charge is 3.00 e. The maximum atomic E-state index is 2.55. The summed E-state index contributed by atoms with van der Waals surface area (Å²) in [4.78, 5) is 0. The van der Waals surface area contributed by atoms with Crippen molar-refractivity contribution in [2.45, 2.75) is 71.4 Å². The van der Waals surface area contributed by atoms with Crippen LogP contribution in [0.1, 0.15) is 75.3 Å². The van der Waals surface area contributed by atoms with Gasteiger partial charge in [0.1, 0.15) is 0 Å². The minimum absolute atomic E-state index is 0. The predicted molar refractivity (Wildman–Crippen MR) is 149 cm³/mol. The van der Waals surface area contributed by atoms with E-state index in [9.17, 15) is 0 Å². The van der Waals surface area contributed by atoms with Crippen LogP contribution in [0.25, 0.3) is 27.6 Å². The van der Waals surface area contributed by atoms with Gasteiger partial charge in [-0.2, -0.15) is 0 Å². The van der Waals surface area contributed by atoms with Crippen molar-refractivity contribution < 1.29 is 51.0 Å². The molecule has 1 unspecified atom stereocenters. The van der Waals surface area contributed by atoms with Gasteiger partial charge in [-0.1, -0.05) is 131 Å². The first kappa shape index (κ1) is 31.2. The molecule has 1 atom stereocenters. The normalized spacial score (nSPS) is 15.0. The third kappa shape index (κ3) is 5.26. The van der Waals surface area contributed by atoms with E-state index in [0.29, 0.717) is 5.92 Å². The number of hydrogen-bond donors (Lipinski definition) is 0. The van der Waals surface area contributed by atoms with E-state index in [1.54, 1.807) is 10.8 Å². The molecule has 0 nitrogen and oxygen atoms in total. The summed E-state index contributed by atoms with van der Waals surface area (Å²) in [5.41, 5.74) is 7.58. The van der Waals surface area contributed by atoms with Gasteiger partial charge in [0, 0.05) is 5.92 Å². The zero-order chi connectivity index (χ0) is 23.7. The average Bonchev–Trinajstić information content (AvgIpc) is 3.32. The van der Waals surface area contributed by atoms with Crippen LogP contribution >= 0.6 is 0 Å². The van der Waals surface area contributed by atoms with Gasteiger partial charge in [0.25, 0.3) is 0 Å². The van der Waals surface area contributed by atoms with Gasteiger partial charge in [0.05, 0.1) is 8.80 Å². The summed E-state index contributed by atoms with van der Waals surface area (Å²) in [5.74, 6) is 0.333. The molecule has 0 fully saturated rings.